The second kappa shape index (κ2) is 14.1. The molecule has 0 saturated heterocycles. The molecule has 1 aliphatic carbocycles. The first-order valence-corrected chi connectivity index (χ1v) is 21.2. The first kappa shape index (κ1) is 35.2. The van der Waals surface area contributed by atoms with Gasteiger partial charge in [-0.1, -0.05) is 190 Å². The van der Waals surface area contributed by atoms with Gasteiger partial charge in [-0.2, -0.15) is 0 Å². The fraction of sp³-hybridized carbons (Fsp3) is 0.0526. The summed E-state index contributed by atoms with van der Waals surface area (Å²) in [5, 5.41) is 2.62. The molecule has 10 aromatic rings. The van der Waals surface area contributed by atoms with Gasteiger partial charge in [0.2, 0.25) is 0 Å². The number of hydrogen-bond donors (Lipinski definition) is 0. The number of fused-ring (bicyclic) bond motifs is 6. The van der Waals surface area contributed by atoms with Gasteiger partial charge in [-0.15, -0.1) is 11.3 Å². The molecule has 0 spiro atoms. The first-order chi connectivity index (χ1) is 29.0. The van der Waals surface area contributed by atoms with Crippen LogP contribution in [0.2, 0.25) is 0 Å². The maximum absolute atomic E-state index is 2.51. The van der Waals surface area contributed by atoms with Gasteiger partial charge >= 0.3 is 0 Å². The van der Waals surface area contributed by atoms with E-state index in [0.717, 1.165) is 17.1 Å². The van der Waals surface area contributed by atoms with E-state index in [1.54, 1.807) is 0 Å². The Labute approximate surface area is 350 Å². The molecule has 2 heteroatoms. The normalized spacial score (nSPS) is 12.7. The first-order valence-electron chi connectivity index (χ1n) is 20.4. The van der Waals surface area contributed by atoms with Crippen molar-refractivity contribution in [2.75, 3.05) is 4.90 Å². The van der Waals surface area contributed by atoms with Crippen molar-refractivity contribution in [1.29, 1.82) is 0 Å². The largest absolute Gasteiger partial charge is 0.309 e. The lowest BCUT2D eigenvalue weighted by molar-refractivity contribution is 0.660. The third-order valence-corrected chi connectivity index (χ3v) is 13.4. The molecule has 0 aliphatic heterocycles. The highest BCUT2D eigenvalue weighted by molar-refractivity contribution is 7.25. The molecule has 1 aliphatic rings. The Morgan fingerprint density at radius 3 is 1.71 bits per heavy atom. The zero-order valence-electron chi connectivity index (χ0n) is 33.1. The fourth-order valence-electron chi connectivity index (χ4n) is 9.49. The molecule has 0 radical (unpaired) electrons. The van der Waals surface area contributed by atoms with Crippen LogP contribution in [0.5, 0.6) is 0 Å². The highest BCUT2D eigenvalue weighted by Gasteiger charge is 2.37. The number of benzene rings is 9. The molecule has 0 atom stereocenters. The number of nitrogens with zero attached hydrogens (tertiary/aromatic N) is 1. The maximum atomic E-state index is 2.51. The Balaban J connectivity index is 1.18. The van der Waals surface area contributed by atoms with Crippen LogP contribution >= 0.6 is 11.3 Å². The second-order valence-corrected chi connectivity index (χ2v) is 17.1. The summed E-state index contributed by atoms with van der Waals surface area (Å²) in [5.41, 5.74) is 18.2. The Hall–Kier alpha value is -7.00. The summed E-state index contributed by atoms with van der Waals surface area (Å²) in [6, 6.07) is 78.2. The number of hydrogen-bond acceptors (Lipinski definition) is 2. The molecule has 1 nitrogen and oxygen atoms in total. The fourth-order valence-corrected chi connectivity index (χ4v) is 10.6. The van der Waals surface area contributed by atoms with Gasteiger partial charge in [-0.25, -0.2) is 0 Å². The number of anilines is 3. The summed E-state index contributed by atoms with van der Waals surface area (Å²) >= 11 is 1.87. The van der Waals surface area contributed by atoms with Crippen LogP contribution in [0.3, 0.4) is 0 Å². The minimum absolute atomic E-state index is 0.105. The number of rotatable bonds is 7. The van der Waals surface area contributed by atoms with E-state index in [1.165, 1.54) is 86.9 Å². The molecular weight excluding hydrogens is 731 g/mol. The van der Waals surface area contributed by atoms with Gasteiger partial charge in [-0.3, -0.25) is 0 Å². The van der Waals surface area contributed by atoms with Crippen molar-refractivity contribution in [2.45, 2.75) is 19.3 Å². The minimum atomic E-state index is -0.105. The van der Waals surface area contributed by atoms with Crippen LogP contribution in [0.1, 0.15) is 25.0 Å². The van der Waals surface area contributed by atoms with Gasteiger partial charge in [0.1, 0.15) is 0 Å². The zero-order valence-corrected chi connectivity index (χ0v) is 33.9. The summed E-state index contributed by atoms with van der Waals surface area (Å²) in [6.45, 7) is 4.73. The summed E-state index contributed by atoms with van der Waals surface area (Å²) < 4.78 is 2.61. The van der Waals surface area contributed by atoms with E-state index < -0.39 is 0 Å². The summed E-state index contributed by atoms with van der Waals surface area (Å²) in [5.74, 6) is 0. The summed E-state index contributed by atoms with van der Waals surface area (Å²) in [6.07, 6.45) is 0. The predicted molar refractivity (Wildman–Crippen MR) is 253 cm³/mol. The molecule has 1 aromatic heterocycles. The molecule has 1 heterocycles. The van der Waals surface area contributed by atoms with Gasteiger partial charge in [0, 0.05) is 42.4 Å². The Kier molecular flexibility index (Phi) is 8.43. The smallest absolute Gasteiger partial charge is 0.0540 e. The molecular formula is C57H41NS. The van der Waals surface area contributed by atoms with E-state index in [1.807, 2.05) is 11.3 Å². The monoisotopic (exact) mass is 771 g/mol. The summed E-state index contributed by atoms with van der Waals surface area (Å²) in [7, 11) is 0. The van der Waals surface area contributed by atoms with E-state index in [9.17, 15) is 0 Å². The molecule has 59 heavy (non-hydrogen) atoms. The van der Waals surface area contributed by atoms with Crippen molar-refractivity contribution in [3.05, 3.63) is 223 Å². The van der Waals surface area contributed by atoms with Crippen LogP contribution in [0.15, 0.2) is 212 Å². The van der Waals surface area contributed by atoms with Crippen LogP contribution in [-0.2, 0) is 5.41 Å². The van der Waals surface area contributed by atoms with E-state index in [-0.39, 0.29) is 5.41 Å². The van der Waals surface area contributed by atoms with Gasteiger partial charge in [-0.05, 0) is 92.0 Å². The van der Waals surface area contributed by atoms with Crippen LogP contribution in [0.25, 0.3) is 75.8 Å². The Bertz CT molecular complexity index is 3190. The van der Waals surface area contributed by atoms with Crippen LogP contribution < -0.4 is 4.90 Å². The number of thiophene rings is 1. The lowest BCUT2D eigenvalue weighted by Crippen LogP contribution is -2.15. The van der Waals surface area contributed by atoms with E-state index in [0.29, 0.717) is 0 Å². The number of para-hydroxylation sites is 2. The third kappa shape index (κ3) is 5.82. The SMILES string of the molecule is CC1(C)c2ccccc2-c2c(-c3ccccc3N(c3ccc(-c4ccccc4)c(-c4ccccc4)c3)c3ccccc3-c3ccc4c(c3)sc3ccccc34)cccc21. The maximum Gasteiger partial charge on any atom is 0.0540 e. The van der Waals surface area contributed by atoms with Crippen molar-refractivity contribution >= 4 is 48.6 Å². The van der Waals surface area contributed by atoms with Crippen LogP contribution in [0, 0.1) is 0 Å². The zero-order chi connectivity index (χ0) is 39.5. The molecule has 0 saturated carbocycles. The van der Waals surface area contributed by atoms with Gasteiger partial charge in [0.05, 0.1) is 11.4 Å². The predicted octanol–water partition coefficient (Wildman–Crippen LogP) is 16.5. The van der Waals surface area contributed by atoms with Crippen molar-refractivity contribution in [3.8, 4) is 55.6 Å². The van der Waals surface area contributed by atoms with Crippen molar-refractivity contribution in [3.63, 3.8) is 0 Å². The van der Waals surface area contributed by atoms with Crippen molar-refractivity contribution in [2.24, 2.45) is 0 Å². The van der Waals surface area contributed by atoms with Gasteiger partial charge in [0.15, 0.2) is 0 Å². The Morgan fingerprint density at radius 1 is 0.356 bits per heavy atom. The van der Waals surface area contributed by atoms with Crippen LogP contribution in [-0.4, -0.2) is 0 Å². The van der Waals surface area contributed by atoms with E-state index in [2.05, 4.69) is 231 Å². The van der Waals surface area contributed by atoms with E-state index >= 15 is 0 Å². The third-order valence-electron chi connectivity index (χ3n) is 12.3. The molecule has 0 N–H and O–H groups in total. The standard InChI is InChI=1S/C57H41NS/c1-57(2)50-27-13-9-25-48(50)56-47(26-17-28-51(56)57)44-23-11-15-30-53(44)58(41-33-35-42(38-18-5-3-6-19-38)49(37-41)39-20-7-4-8-21-39)52-29-14-10-22-43(52)40-32-34-46-45-24-12-16-31-54(45)59-55(46)36-40/h3-37H,1-2H3. The van der Waals surface area contributed by atoms with E-state index in [4.69, 9.17) is 0 Å². The molecule has 0 amide bonds. The molecule has 0 fully saturated rings. The molecule has 9 aromatic carbocycles. The molecule has 11 rings (SSSR count). The highest BCUT2D eigenvalue weighted by Crippen LogP contribution is 2.54. The minimum Gasteiger partial charge on any atom is -0.309 e. The molecule has 280 valence electrons. The van der Waals surface area contributed by atoms with Crippen molar-refractivity contribution < 1.29 is 0 Å². The molecule has 0 unspecified atom stereocenters. The van der Waals surface area contributed by atoms with Crippen LogP contribution in [0.4, 0.5) is 17.1 Å². The highest BCUT2D eigenvalue weighted by atomic mass is 32.1. The average Bonchev–Trinajstić information content (AvgIpc) is 3.79. The lowest BCUT2D eigenvalue weighted by atomic mass is 9.82. The second-order valence-electron chi connectivity index (χ2n) is 16.0. The quantitative estimate of drug-likeness (QED) is 0.156. The van der Waals surface area contributed by atoms with Gasteiger partial charge in [0.25, 0.3) is 0 Å². The molecule has 0 bridgehead atoms. The topological polar surface area (TPSA) is 3.24 Å². The van der Waals surface area contributed by atoms with Crippen molar-refractivity contribution in [1.82, 2.24) is 0 Å². The lowest BCUT2D eigenvalue weighted by Gasteiger charge is -2.31. The Morgan fingerprint density at radius 2 is 0.932 bits per heavy atom. The van der Waals surface area contributed by atoms with Gasteiger partial charge < -0.3 is 4.90 Å². The average molecular weight is 772 g/mol. The summed E-state index contributed by atoms with van der Waals surface area (Å²) in [4.78, 5) is 2.51.